The number of fused-ring (bicyclic) bond motifs is 4. The van der Waals surface area contributed by atoms with Gasteiger partial charge in [-0.25, -0.2) is 0 Å². The zero-order valence-electron chi connectivity index (χ0n) is 22.1. The number of rotatable bonds is 2. The molecule has 6 aliphatic rings. The third kappa shape index (κ3) is 3.18. The summed E-state index contributed by atoms with van der Waals surface area (Å²) >= 11 is 0. The molecule has 2 aromatic carbocycles. The minimum Gasteiger partial charge on any atom is -0.504 e. The number of phenolic OH excluding ortho intramolecular Hbond substituents is 1. The summed E-state index contributed by atoms with van der Waals surface area (Å²) < 4.78 is 35.2. The van der Waals surface area contributed by atoms with E-state index in [-0.39, 0.29) is 17.9 Å². The molecular weight excluding hydrogens is 516 g/mol. The molecule has 3 aliphatic carbocycles. The van der Waals surface area contributed by atoms with Gasteiger partial charge in [-0.15, -0.1) is 0 Å². The van der Waals surface area contributed by atoms with E-state index in [9.17, 15) is 18.6 Å². The predicted molar refractivity (Wildman–Crippen MR) is 146 cm³/mol. The van der Waals surface area contributed by atoms with Gasteiger partial charge in [-0.2, -0.15) is 8.42 Å². The van der Waals surface area contributed by atoms with Crippen molar-refractivity contribution in [3.05, 3.63) is 58.3 Å². The van der Waals surface area contributed by atoms with Gasteiger partial charge in [0.05, 0.1) is 28.5 Å². The summed E-state index contributed by atoms with van der Waals surface area (Å²) in [5.41, 5.74) is 6.32. The molecule has 9 rings (SSSR count). The molecule has 3 aromatic rings. The molecule has 39 heavy (non-hydrogen) atoms. The van der Waals surface area contributed by atoms with Crippen LogP contribution in [0.3, 0.4) is 0 Å². The van der Waals surface area contributed by atoms with Crippen LogP contribution in [0, 0.1) is 5.92 Å². The van der Waals surface area contributed by atoms with Gasteiger partial charge in [0.1, 0.15) is 0 Å². The van der Waals surface area contributed by atoms with E-state index in [1.54, 1.807) is 0 Å². The lowest BCUT2D eigenvalue weighted by Crippen LogP contribution is -2.74. The number of hydrogen-bond acceptors (Lipinski definition) is 6. The second-order valence-corrected chi connectivity index (χ2v) is 14.1. The first-order valence-corrected chi connectivity index (χ1v) is 16.0. The number of aliphatic hydroxyl groups is 1. The standard InChI is InChI=1S/C29H30N2O3.CH4O3S/c32-21-9-8-18-13-22-29(33)14-20-19-5-1-3-17-4-2-11-31(24(17)19)25(20)27-28(29,23(18)26(21)34-27)10-12-30(22)15-16-6-7-16;1-5(2,3)4/h1,3,5,8-9,16,22,27,32-33H,2,4,6-7,10-15H2;1H3,(H,2,3,4)/t22-,27+,28+,29-;/m1./s1. The summed E-state index contributed by atoms with van der Waals surface area (Å²) in [6, 6.07) is 10.7. The number of aromatic hydroxyl groups is 1. The van der Waals surface area contributed by atoms with Gasteiger partial charge in [0.25, 0.3) is 10.1 Å². The Kier molecular flexibility index (Phi) is 4.83. The molecule has 3 aliphatic heterocycles. The monoisotopic (exact) mass is 550 g/mol. The molecule has 0 radical (unpaired) electrons. The predicted octanol–water partition coefficient (Wildman–Crippen LogP) is 3.50. The summed E-state index contributed by atoms with van der Waals surface area (Å²) in [6.07, 6.45) is 7.77. The Hall–Kier alpha value is -2.59. The molecule has 1 spiro atoms. The Balaban J connectivity index is 0.000000435. The molecule has 2 fully saturated rings. The van der Waals surface area contributed by atoms with Crippen LogP contribution in [-0.2, 0) is 41.3 Å². The number of para-hydroxylation sites is 1. The van der Waals surface area contributed by atoms with E-state index in [4.69, 9.17) is 9.29 Å². The van der Waals surface area contributed by atoms with E-state index in [0.29, 0.717) is 18.4 Å². The van der Waals surface area contributed by atoms with Gasteiger partial charge in [-0.1, -0.05) is 24.3 Å². The summed E-state index contributed by atoms with van der Waals surface area (Å²) in [5, 5.41) is 25.2. The molecule has 4 heterocycles. The minimum absolute atomic E-state index is 0.0933. The van der Waals surface area contributed by atoms with E-state index in [1.165, 1.54) is 46.1 Å². The molecule has 1 saturated carbocycles. The quantitative estimate of drug-likeness (QED) is 0.419. The van der Waals surface area contributed by atoms with Crippen molar-refractivity contribution in [1.29, 1.82) is 0 Å². The fourth-order valence-electron chi connectivity index (χ4n) is 8.84. The Morgan fingerprint density at radius 2 is 1.92 bits per heavy atom. The lowest BCUT2D eigenvalue weighted by Gasteiger charge is -2.63. The molecule has 206 valence electrons. The molecular formula is C30H34N2O6S. The van der Waals surface area contributed by atoms with Crippen LogP contribution in [-0.4, -0.2) is 63.6 Å². The SMILES string of the molecule is CS(=O)(=O)O.Oc1ccc2c3c1O[C@H]1c4c(c5cccc6c5n4CCC6)C[C@@]4(O)[C@@H](C2)N(CC2CC2)CC[C@]314. The van der Waals surface area contributed by atoms with Crippen molar-refractivity contribution in [3.63, 3.8) is 0 Å². The molecule has 1 aromatic heterocycles. The van der Waals surface area contributed by atoms with Crippen molar-refractivity contribution in [2.24, 2.45) is 5.92 Å². The lowest BCUT2D eigenvalue weighted by atomic mass is 9.49. The second-order valence-electron chi connectivity index (χ2n) is 12.6. The van der Waals surface area contributed by atoms with Crippen molar-refractivity contribution in [2.75, 3.05) is 19.3 Å². The lowest BCUT2D eigenvalue weighted by molar-refractivity contribution is -0.173. The van der Waals surface area contributed by atoms with Crippen LogP contribution in [0.5, 0.6) is 11.5 Å². The summed E-state index contributed by atoms with van der Waals surface area (Å²) in [4.78, 5) is 2.61. The largest absolute Gasteiger partial charge is 0.504 e. The topological polar surface area (TPSA) is 112 Å². The molecule has 3 N–H and O–H groups in total. The number of aromatic nitrogens is 1. The number of nitrogens with zero attached hydrogens (tertiary/aromatic N) is 2. The van der Waals surface area contributed by atoms with Gasteiger partial charge < -0.3 is 19.5 Å². The van der Waals surface area contributed by atoms with Crippen LogP contribution in [0.1, 0.15) is 59.7 Å². The van der Waals surface area contributed by atoms with E-state index in [2.05, 4.69) is 33.7 Å². The number of ether oxygens (including phenoxy) is 1. The first-order chi connectivity index (χ1) is 18.6. The van der Waals surface area contributed by atoms with E-state index in [1.807, 2.05) is 6.07 Å². The van der Waals surface area contributed by atoms with E-state index >= 15 is 0 Å². The zero-order chi connectivity index (χ0) is 26.9. The van der Waals surface area contributed by atoms with Crippen molar-refractivity contribution in [1.82, 2.24) is 9.47 Å². The van der Waals surface area contributed by atoms with Crippen molar-refractivity contribution in [3.8, 4) is 11.5 Å². The number of aryl methyl sites for hydroxylation is 2. The van der Waals surface area contributed by atoms with Crippen LogP contribution >= 0.6 is 0 Å². The fraction of sp³-hybridized carbons (Fsp3) is 0.533. The smallest absolute Gasteiger partial charge is 0.261 e. The third-order valence-corrected chi connectivity index (χ3v) is 10.4. The average Bonchev–Trinajstić information content (AvgIpc) is 3.54. The van der Waals surface area contributed by atoms with Crippen molar-refractivity contribution in [2.45, 2.75) is 74.7 Å². The van der Waals surface area contributed by atoms with Gasteiger partial charge in [-0.3, -0.25) is 9.45 Å². The normalized spacial score (nSPS) is 31.7. The van der Waals surface area contributed by atoms with Crippen LogP contribution in [0.2, 0.25) is 0 Å². The number of hydrogen-bond donors (Lipinski definition) is 3. The highest BCUT2D eigenvalue weighted by Gasteiger charge is 2.73. The molecule has 4 atom stereocenters. The van der Waals surface area contributed by atoms with Gasteiger partial charge in [-0.05, 0) is 73.7 Å². The second kappa shape index (κ2) is 7.78. The van der Waals surface area contributed by atoms with Crippen LogP contribution < -0.4 is 4.74 Å². The summed E-state index contributed by atoms with van der Waals surface area (Å²) in [7, 11) is -3.67. The Morgan fingerprint density at radius 3 is 2.69 bits per heavy atom. The maximum absolute atomic E-state index is 13.0. The maximum atomic E-state index is 13.0. The first-order valence-electron chi connectivity index (χ1n) is 14.1. The molecule has 0 unspecified atom stereocenters. The van der Waals surface area contributed by atoms with Crippen molar-refractivity contribution >= 4 is 21.0 Å². The van der Waals surface area contributed by atoms with Gasteiger partial charge in [0.15, 0.2) is 17.6 Å². The summed E-state index contributed by atoms with van der Waals surface area (Å²) in [5.74, 6) is 1.65. The Bertz CT molecular complexity index is 1650. The Labute approximate surface area is 227 Å². The van der Waals surface area contributed by atoms with Crippen LogP contribution in [0.25, 0.3) is 10.9 Å². The highest BCUT2D eigenvalue weighted by Crippen LogP contribution is 2.69. The summed E-state index contributed by atoms with van der Waals surface area (Å²) in [6.45, 7) is 3.11. The highest BCUT2D eigenvalue weighted by atomic mass is 32.2. The fourth-order valence-corrected chi connectivity index (χ4v) is 8.84. The van der Waals surface area contributed by atoms with Crippen LogP contribution in [0.15, 0.2) is 30.3 Å². The van der Waals surface area contributed by atoms with Gasteiger partial charge in [0.2, 0.25) is 0 Å². The van der Waals surface area contributed by atoms with E-state index < -0.39 is 21.1 Å². The van der Waals surface area contributed by atoms with Gasteiger partial charge in [0, 0.05) is 36.5 Å². The van der Waals surface area contributed by atoms with Gasteiger partial charge >= 0.3 is 0 Å². The molecule has 1 saturated heterocycles. The molecule has 0 amide bonds. The zero-order valence-corrected chi connectivity index (χ0v) is 22.9. The maximum Gasteiger partial charge on any atom is 0.261 e. The number of phenols is 1. The number of piperidine rings is 1. The minimum atomic E-state index is -3.67. The number of likely N-dealkylation sites (tertiary alicyclic amines) is 1. The third-order valence-electron chi connectivity index (χ3n) is 10.4. The van der Waals surface area contributed by atoms with Crippen molar-refractivity contribution < 1.29 is 27.9 Å². The molecule has 8 nitrogen and oxygen atoms in total. The first kappa shape index (κ1) is 24.2. The molecule has 9 heteroatoms. The highest BCUT2D eigenvalue weighted by molar-refractivity contribution is 7.85. The average molecular weight is 551 g/mol. The molecule has 2 bridgehead atoms. The van der Waals surface area contributed by atoms with Crippen LogP contribution in [0.4, 0.5) is 0 Å². The Morgan fingerprint density at radius 1 is 1.13 bits per heavy atom. The van der Waals surface area contributed by atoms with E-state index in [0.717, 1.165) is 56.8 Å². The number of benzene rings is 2.